The second-order valence-corrected chi connectivity index (χ2v) is 11.4. The molecule has 0 radical (unpaired) electrons. The number of hydroxylamine groups is 1. The highest BCUT2D eigenvalue weighted by molar-refractivity contribution is 5.74. The van der Waals surface area contributed by atoms with E-state index in [0.29, 0.717) is 29.1 Å². The van der Waals surface area contributed by atoms with Gasteiger partial charge in [-0.2, -0.15) is 0 Å². The number of hydrogen-bond donors (Lipinski definition) is 3. The van der Waals surface area contributed by atoms with Gasteiger partial charge in [-0.25, -0.2) is 5.48 Å². The Bertz CT molecular complexity index is 594. The molecule has 1 unspecified atom stereocenters. The van der Waals surface area contributed by atoms with Crippen LogP contribution < -0.4 is 5.48 Å². The summed E-state index contributed by atoms with van der Waals surface area (Å²) in [5, 5.41) is 19.0. The Labute approximate surface area is 170 Å². The topological polar surface area (TPSA) is 69.6 Å². The maximum atomic E-state index is 11.5. The second-order valence-electron chi connectivity index (χ2n) is 11.4. The molecule has 4 aliphatic carbocycles. The molecule has 9 atom stereocenters. The number of fused-ring (bicyclic) bond motifs is 5. The molecule has 0 aliphatic heterocycles. The number of aliphatic hydroxyl groups is 1. The lowest BCUT2D eigenvalue weighted by molar-refractivity contribution is -0.131. The van der Waals surface area contributed by atoms with E-state index >= 15 is 0 Å². The molecule has 0 saturated heterocycles. The highest BCUT2D eigenvalue weighted by Crippen LogP contribution is 2.68. The molecule has 0 aromatic rings. The Morgan fingerprint density at radius 2 is 1.75 bits per heavy atom. The summed E-state index contributed by atoms with van der Waals surface area (Å²) >= 11 is 0. The zero-order valence-corrected chi connectivity index (χ0v) is 18.1. The SMILES string of the molecule is C[C@H](CCC(=O)NO)[C@H]1CC[C@H]2[C@@H]3CCC4C[C@H](O)CC[C@]4(C)[C@H]3CC[C@]12C. The molecule has 4 saturated carbocycles. The first-order valence-electron chi connectivity index (χ1n) is 11.9. The van der Waals surface area contributed by atoms with Gasteiger partial charge in [0.25, 0.3) is 0 Å². The molecule has 4 aliphatic rings. The van der Waals surface area contributed by atoms with Gasteiger partial charge in [-0.3, -0.25) is 10.0 Å². The van der Waals surface area contributed by atoms with Gasteiger partial charge in [-0.15, -0.1) is 0 Å². The zero-order valence-electron chi connectivity index (χ0n) is 18.1. The quantitative estimate of drug-likeness (QED) is 0.470. The number of carbonyl (C=O) groups is 1. The van der Waals surface area contributed by atoms with Crippen LogP contribution >= 0.6 is 0 Å². The fraction of sp³-hybridized carbons (Fsp3) is 0.958. The summed E-state index contributed by atoms with van der Waals surface area (Å²) < 4.78 is 0. The number of rotatable bonds is 4. The third-order valence-corrected chi connectivity index (χ3v) is 10.3. The van der Waals surface area contributed by atoms with Crippen molar-refractivity contribution in [2.24, 2.45) is 46.3 Å². The Hall–Kier alpha value is -0.610. The molecular formula is C24H41NO3. The second kappa shape index (κ2) is 7.58. The molecule has 4 nitrogen and oxygen atoms in total. The molecule has 3 N–H and O–H groups in total. The lowest BCUT2D eigenvalue weighted by Crippen LogP contribution is -2.54. The smallest absolute Gasteiger partial charge is 0.243 e. The maximum Gasteiger partial charge on any atom is 0.243 e. The van der Waals surface area contributed by atoms with Crippen molar-refractivity contribution in [1.82, 2.24) is 5.48 Å². The molecule has 28 heavy (non-hydrogen) atoms. The summed E-state index contributed by atoms with van der Waals surface area (Å²) in [7, 11) is 0. The van der Waals surface area contributed by atoms with Gasteiger partial charge >= 0.3 is 0 Å². The van der Waals surface area contributed by atoms with Gasteiger partial charge in [0.1, 0.15) is 0 Å². The van der Waals surface area contributed by atoms with Crippen molar-refractivity contribution < 1.29 is 15.1 Å². The van der Waals surface area contributed by atoms with Crippen LogP contribution in [0.15, 0.2) is 0 Å². The molecule has 1 amide bonds. The van der Waals surface area contributed by atoms with Gasteiger partial charge in [0, 0.05) is 6.42 Å². The van der Waals surface area contributed by atoms with Crippen molar-refractivity contribution in [3.8, 4) is 0 Å². The van der Waals surface area contributed by atoms with Crippen LogP contribution in [0.2, 0.25) is 0 Å². The van der Waals surface area contributed by atoms with Crippen LogP contribution in [0.25, 0.3) is 0 Å². The first-order chi connectivity index (χ1) is 13.3. The third-order valence-electron chi connectivity index (χ3n) is 10.3. The summed E-state index contributed by atoms with van der Waals surface area (Å²) in [5.74, 6) is 4.30. The number of hydrogen-bond acceptors (Lipinski definition) is 3. The van der Waals surface area contributed by atoms with Gasteiger partial charge in [-0.05, 0) is 111 Å². The zero-order chi connectivity index (χ0) is 20.1. The third kappa shape index (κ3) is 3.23. The lowest BCUT2D eigenvalue weighted by atomic mass is 9.44. The van der Waals surface area contributed by atoms with Crippen molar-refractivity contribution in [3.63, 3.8) is 0 Å². The first kappa shape index (κ1) is 20.7. The van der Waals surface area contributed by atoms with Gasteiger partial charge in [0.2, 0.25) is 5.91 Å². The predicted octanol–water partition coefficient (Wildman–Crippen LogP) is 4.93. The molecule has 0 heterocycles. The summed E-state index contributed by atoms with van der Waals surface area (Å²) in [4.78, 5) is 11.5. The largest absolute Gasteiger partial charge is 0.393 e. The summed E-state index contributed by atoms with van der Waals surface area (Å²) in [6.07, 6.45) is 12.6. The number of amides is 1. The van der Waals surface area contributed by atoms with E-state index in [2.05, 4.69) is 20.8 Å². The van der Waals surface area contributed by atoms with Gasteiger partial charge < -0.3 is 5.11 Å². The summed E-state index contributed by atoms with van der Waals surface area (Å²) in [6, 6.07) is 0. The van der Waals surface area contributed by atoms with Gasteiger partial charge in [-0.1, -0.05) is 20.8 Å². The van der Waals surface area contributed by atoms with Crippen LogP contribution in [0, 0.1) is 46.3 Å². The monoisotopic (exact) mass is 391 g/mol. The molecule has 4 rings (SSSR count). The van der Waals surface area contributed by atoms with E-state index in [4.69, 9.17) is 5.21 Å². The van der Waals surface area contributed by atoms with Gasteiger partial charge in [0.05, 0.1) is 6.10 Å². The molecule has 0 aromatic heterocycles. The van der Waals surface area contributed by atoms with Crippen molar-refractivity contribution in [3.05, 3.63) is 0 Å². The Morgan fingerprint density at radius 3 is 2.50 bits per heavy atom. The standard InChI is InChI=1S/C24H41NO3/c1-15(4-9-22(27)25-28)19-7-8-20-18-6-5-16-14-17(26)10-12-23(16,2)21(18)11-13-24(19,20)3/h15-21,26,28H,4-14H2,1-3H3,(H,25,27)/t15-,16?,17-,18+,19-,20+,21+,23+,24-/m1/s1. The maximum absolute atomic E-state index is 11.5. The molecule has 4 fully saturated rings. The van der Waals surface area contributed by atoms with Crippen LogP contribution in [-0.2, 0) is 4.79 Å². The first-order valence-corrected chi connectivity index (χ1v) is 11.9. The van der Waals surface area contributed by atoms with Crippen molar-refractivity contribution in [2.75, 3.05) is 0 Å². The van der Waals surface area contributed by atoms with Crippen LogP contribution in [0.3, 0.4) is 0 Å². The van der Waals surface area contributed by atoms with E-state index < -0.39 is 0 Å². The minimum atomic E-state index is -0.249. The number of nitrogens with one attached hydrogen (secondary N) is 1. The Morgan fingerprint density at radius 1 is 1.04 bits per heavy atom. The van der Waals surface area contributed by atoms with Crippen LogP contribution in [0.4, 0.5) is 0 Å². The Balaban J connectivity index is 1.48. The van der Waals surface area contributed by atoms with E-state index in [1.54, 1.807) is 5.48 Å². The summed E-state index contributed by atoms with van der Waals surface area (Å²) in [5.41, 5.74) is 2.67. The van der Waals surface area contributed by atoms with Crippen molar-refractivity contribution in [1.29, 1.82) is 0 Å². The van der Waals surface area contributed by atoms with E-state index in [9.17, 15) is 9.90 Å². The van der Waals surface area contributed by atoms with Crippen LogP contribution in [0.5, 0.6) is 0 Å². The highest BCUT2D eigenvalue weighted by atomic mass is 16.5. The van der Waals surface area contributed by atoms with Gasteiger partial charge in [0.15, 0.2) is 0 Å². The van der Waals surface area contributed by atoms with E-state index in [1.807, 2.05) is 0 Å². The molecule has 160 valence electrons. The minimum Gasteiger partial charge on any atom is -0.393 e. The molecule has 0 bridgehead atoms. The lowest BCUT2D eigenvalue weighted by Gasteiger charge is -2.61. The van der Waals surface area contributed by atoms with E-state index in [1.165, 1.54) is 44.9 Å². The average molecular weight is 392 g/mol. The van der Waals surface area contributed by atoms with Crippen molar-refractivity contribution >= 4 is 5.91 Å². The molecule has 0 spiro atoms. The highest BCUT2D eigenvalue weighted by Gasteiger charge is 2.60. The average Bonchev–Trinajstić information content (AvgIpc) is 3.03. The Kier molecular flexibility index (Phi) is 5.59. The fourth-order valence-corrected chi connectivity index (χ4v) is 8.83. The van der Waals surface area contributed by atoms with Crippen LogP contribution in [0.1, 0.15) is 91.4 Å². The molecule has 0 aromatic carbocycles. The molecule has 4 heteroatoms. The van der Waals surface area contributed by atoms with Crippen molar-refractivity contribution in [2.45, 2.75) is 97.5 Å². The van der Waals surface area contributed by atoms with Crippen LogP contribution in [-0.4, -0.2) is 22.3 Å². The normalized spacial score (nSPS) is 48.9. The number of aliphatic hydroxyl groups excluding tert-OH is 1. The minimum absolute atomic E-state index is 0.0590. The fourth-order valence-electron chi connectivity index (χ4n) is 8.83. The molecular weight excluding hydrogens is 350 g/mol. The predicted molar refractivity (Wildman–Crippen MR) is 110 cm³/mol. The summed E-state index contributed by atoms with van der Waals surface area (Å²) in [6.45, 7) is 7.45. The van der Waals surface area contributed by atoms with E-state index in [0.717, 1.165) is 42.9 Å². The van der Waals surface area contributed by atoms with E-state index in [-0.39, 0.29) is 12.0 Å². The number of carbonyl (C=O) groups excluding carboxylic acids is 1.